The van der Waals surface area contributed by atoms with Crippen LogP contribution in [-0.2, 0) is 0 Å². The lowest BCUT2D eigenvalue weighted by atomic mass is 10.1. The second-order valence-corrected chi connectivity index (χ2v) is 5.00. The van der Waals surface area contributed by atoms with Crippen LogP contribution in [0.25, 0.3) is 0 Å². The molecule has 4 nitrogen and oxygen atoms in total. The molecule has 0 radical (unpaired) electrons. The predicted molar refractivity (Wildman–Crippen MR) is 70.4 cm³/mol. The van der Waals surface area contributed by atoms with Gasteiger partial charge in [0.25, 0.3) is 0 Å². The van der Waals surface area contributed by atoms with E-state index in [0.717, 1.165) is 17.4 Å². The first-order valence-corrected chi connectivity index (χ1v) is 6.50. The molecule has 92 valence electrons. The molecule has 2 unspecified atom stereocenters. The highest BCUT2D eigenvalue weighted by Gasteiger charge is 2.36. The highest BCUT2D eigenvalue weighted by Crippen LogP contribution is 2.30. The number of hydrogen-bond donors (Lipinski definition) is 2. The lowest BCUT2D eigenvalue weighted by molar-refractivity contribution is 0.318. The van der Waals surface area contributed by atoms with Crippen LogP contribution in [0.1, 0.15) is 19.3 Å². The van der Waals surface area contributed by atoms with E-state index in [0.29, 0.717) is 6.04 Å². The highest BCUT2D eigenvalue weighted by atomic mass is 15.2. The van der Waals surface area contributed by atoms with Gasteiger partial charge < -0.3 is 10.6 Å². The summed E-state index contributed by atoms with van der Waals surface area (Å²) in [6, 6.07) is 3.48. The average molecular weight is 232 g/mol. The van der Waals surface area contributed by atoms with Crippen molar-refractivity contribution in [3.05, 3.63) is 18.5 Å². The molecule has 2 aliphatic heterocycles. The van der Waals surface area contributed by atoms with E-state index in [-0.39, 0.29) is 0 Å². The first-order valence-electron chi connectivity index (χ1n) is 6.50. The minimum Gasteiger partial charge on any atom is -0.387 e. The van der Waals surface area contributed by atoms with Crippen LogP contribution >= 0.6 is 0 Å². The van der Waals surface area contributed by atoms with Gasteiger partial charge in [0.15, 0.2) is 0 Å². The van der Waals surface area contributed by atoms with E-state index in [1.54, 1.807) is 0 Å². The van der Waals surface area contributed by atoms with Crippen LogP contribution in [0.2, 0.25) is 0 Å². The van der Waals surface area contributed by atoms with E-state index in [2.05, 4.69) is 26.6 Å². The van der Waals surface area contributed by atoms with Gasteiger partial charge in [0, 0.05) is 25.7 Å². The van der Waals surface area contributed by atoms with Crippen LogP contribution in [0.15, 0.2) is 18.5 Å². The van der Waals surface area contributed by atoms with Gasteiger partial charge in [-0.25, -0.2) is 0 Å². The van der Waals surface area contributed by atoms with E-state index < -0.39 is 0 Å². The minimum absolute atomic E-state index is 0.603. The maximum atomic E-state index is 4.24. The summed E-state index contributed by atoms with van der Waals surface area (Å²) in [4.78, 5) is 6.86. The summed E-state index contributed by atoms with van der Waals surface area (Å²) in [6.07, 6.45) is 7.73. The van der Waals surface area contributed by atoms with Crippen LogP contribution in [-0.4, -0.2) is 42.1 Å². The van der Waals surface area contributed by atoms with Gasteiger partial charge in [-0.1, -0.05) is 0 Å². The number of nitrogens with one attached hydrogen (secondary N) is 2. The normalized spacial score (nSPS) is 28.1. The standard InChI is InChI=1S/C13H20N4/c1-14-10-7-11(9-15-8-10)16-12-4-6-17-5-2-3-13(12)17/h7-9,12-14,16H,2-6H2,1H3. The molecule has 2 N–H and O–H groups in total. The summed E-state index contributed by atoms with van der Waals surface area (Å²) < 4.78 is 0. The first-order chi connectivity index (χ1) is 8.36. The van der Waals surface area contributed by atoms with Crippen LogP contribution in [0.3, 0.4) is 0 Å². The fourth-order valence-corrected chi connectivity index (χ4v) is 3.12. The molecule has 3 rings (SSSR count). The van der Waals surface area contributed by atoms with Crippen molar-refractivity contribution >= 4 is 11.4 Å². The predicted octanol–water partition coefficient (Wildman–Crippen LogP) is 1.77. The van der Waals surface area contributed by atoms with Gasteiger partial charge in [-0.3, -0.25) is 9.88 Å². The molecule has 0 aromatic carbocycles. The largest absolute Gasteiger partial charge is 0.387 e. The smallest absolute Gasteiger partial charge is 0.0550 e. The Balaban J connectivity index is 1.70. The summed E-state index contributed by atoms with van der Waals surface area (Å²) in [6.45, 7) is 2.54. The third kappa shape index (κ3) is 2.09. The van der Waals surface area contributed by atoms with Crippen LogP contribution in [0, 0.1) is 0 Å². The monoisotopic (exact) mass is 232 g/mol. The number of rotatable bonds is 3. The van der Waals surface area contributed by atoms with Crippen molar-refractivity contribution in [2.45, 2.75) is 31.3 Å². The Bertz CT molecular complexity index is 393. The van der Waals surface area contributed by atoms with Crippen molar-refractivity contribution in [1.82, 2.24) is 9.88 Å². The van der Waals surface area contributed by atoms with E-state index >= 15 is 0 Å². The minimum atomic E-state index is 0.603. The summed E-state index contributed by atoms with van der Waals surface area (Å²) in [7, 11) is 1.93. The maximum absolute atomic E-state index is 4.24. The van der Waals surface area contributed by atoms with Crippen LogP contribution in [0.5, 0.6) is 0 Å². The van der Waals surface area contributed by atoms with Gasteiger partial charge in [0.1, 0.15) is 0 Å². The number of hydrogen-bond acceptors (Lipinski definition) is 4. The third-order valence-electron chi connectivity index (χ3n) is 3.98. The van der Waals surface area contributed by atoms with Gasteiger partial charge in [-0.15, -0.1) is 0 Å². The molecule has 0 saturated carbocycles. The Kier molecular flexibility index (Phi) is 2.89. The summed E-state index contributed by atoms with van der Waals surface area (Å²) >= 11 is 0. The number of pyridine rings is 1. The van der Waals surface area contributed by atoms with Crippen molar-refractivity contribution in [1.29, 1.82) is 0 Å². The van der Waals surface area contributed by atoms with Gasteiger partial charge in [0.2, 0.25) is 0 Å². The molecule has 1 aromatic heterocycles. The molecule has 3 heterocycles. The molecule has 0 bridgehead atoms. The fourth-order valence-electron chi connectivity index (χ4n) is 3.12. The quantitative estimate of drug-likeness (QED) is 0.833. The highest BCUT2D eigenvalue weighted by molar-refractivity contribution is 5.54. The zero-order valence-electron chi connectivity index (χ0n) is 10.3. The van der Waals surface area contributed by atoms with Gasteiger partial charge in [-0.05, 0) is 31.9 Å². The molecular formula is C13H20N4. The summed E-state index contributed by atoms with van der Waals surface area (Å²) in [5.41, 5.74) is 2.20. The van der Waals surface area contributed by atoms with E-state index in [9.17, 15) is 0 Å². The van der Waals surface area contributed by atoms with Crippen molar-refractivity contribution in [3.63, 3.8) is 0 Å². The maximum Gasteiger partial charge on any atom is 0.0550 e. The zero-order valence-corrected chi connectivity index (χ0v) is 10.3. The van der Waals surface area contributed by atoms with E-state index in [4.69, 9.17) is 0 Å². The molecular weight excluding hydrogens is 212 g/mol. The van der Waals surface area contributed by atoms with Crippen molar-refractivity contribution in [3.8, 4) is 0 Å². The molecule has 2 saturated heterocycles. The summed E-state index contributed by atoms with van der Waals surface area (Å²) in [5.74, 6) is 0. The zero-order chi connectivity index (χ0) is 11.7. The van der Waals surface area contributed by atoms with Gasteiger partial charge in [0.05, 0.1) is 23.8 Å². The Hall–Kier alpha value is -1.29. The number of anilines is 2. The second-order valence-electron chi connectivity index (χ2n) is 5.00. The molecule has 2 fully saturated rings. The Morgan fingerprint density at radius 3 is 3.00 bits per heavy atom. The van der Waals surface area contributed by atoms with Crippen molar-refractivity contribution < 1.29 is 0 Å². The molecule has 1 aromatic rings. The lowest BCUT2D eigenvalue weighted by Gasteiger charge is -2.22. The van der Waals surface area contributed by atoms with E-state index in [1.807, 2.05) is 19.4 Å². The van der Waals surface area contributed by atoms with Crippen molar-refractivity contribution in [2.75, 3.05) is 30.8 Å². The molecule has 2 aliphatic rings. The Morgan fingerprint density at radius 2 is 2.12 bits per heavy atom. The topological polar surface area (TPSA) is 40.2 Å². The lowest BCUT2D eigenvalue weighted by Crippen LogP contribution is -2.33. The molecule has 0 spiro atoms. The first kappa shape index (κ1) is 10.8. The second kappa shape index (κ2) is 4.53. The third-order valence-corrected chi connectivity index (χ3v) is 3.98. The fraction of sp³-hybridized carbons (Fsp3) is 0.615. The van der Waals surface area contributed by atoms with Gasteiger partial charge in [-0.2, -0.15) is 0 Å². The number of nitrogens with zero attached hydrogens (tertiary/aromatic N) is 2. The van der Waals surface area contributed by atoms with Gasteiger partial charge >= 0.3 is 0 Å². The van der Waals surface area contributed by atoms with E-state index in [1.165, 1.54) is 32.4 Å². The summed E-state index contributed by atoms with van der Waals surface area (Å²) in [5, 5.41) is 6.77. The number of fused-ring (bicyclic) bond motifs is 1. The SMILES string of the molecule is CNc1cncc(NC2CCN3CCCC23)c1. The molecule has 0 amide bonds. The molecule has 0 aliphatic carbocycles. The molecule has 17 heavy (non-hydrogen) atoms. The van der Waals surface area contributed by atoms with Crippen LogP contribution in [0.4, 0.5) is 11.4 Å². The Labute approximate surface area is 102 Å². The van der Waals surface area contributed by atoms with Crippen LogP contribution < -0.4 is 10.6 Å². The number of aromatic nitrogens is 1. The average Bonchev–Trinajstić information content (AvgIpc) is 2.94. The molecule has 4 heteroatoms. The Morgan fingerprint density at radius 1 is 1.24 bits per heavy atom. The van der Waals surface area contributed by atoms with Crippen molar-refractivity contribution in [2.24, 2.45) is 0 Å². The molecule has 2 atom stereocenters.